The van der Waals surface area contributed by atoms with Gasteiger partial charge in [-0.1, -0.05) is 0 Å². The number of hydrogen-bond donors (Lipinski definition) is 1. The predicted molar refractivity (Wildman–Crippen MR) is 101 cm³/mol. The summed E-state index contributed by atoms with van der Waals surface area (Å²) in [5, 5.41) is 4.18. The molecule has 1 aliphatic rings. The van der Waals surface area contributed by atoms with E-state index in [2.05, 4.69) is 5.32 Å². The molecule has 3 rings (SSSR count). The summed E-state index contributed by atoms with van der Waals surface area (Å²) in [7, 11) is 3.44. The summed E-state index contributed by atoms with van der Waals surface area (Å²) in [6.07, 6.45) is 2.65. The van der Waals surface area contributed by atoms with Crippen LogP contribution in [0.1, 0.15) is 30.4 Å². The number of nitrogens with one attached hydrogen (secondary N) is 1. The zero-order valence-corrected chi connectivity index (χ0v) is 15.6. The molecule has 6 heteroatoms. The average Bonchev–Trinajstić information content (AvgIpc) is 2.67. The number of amides is 1. The second-order valence-corrected chi connectivity index (χ2v) is 6.84. The van der Waals surface area contributed by atoms with Crippen molar-refractivity contribution in [1.82, 2.24) is 10.2 Å². The molecule has 2 heterocycles. The van der Waals surface area contributed by atoms with Gasteiger partial charge < -0.3 is 19.4 Å². The zero-order chi connectivity index (χ0) is 18.7. The first-order valence-electron chi connectivity index (χ1n) is 9.08. The fourth-order valence-electron chi connectivity index (χ4n) is 3.60. The highest BCUT2D eigenvalue weighted by Gasteiger charge is 2.22. The Kier molecular flexibility index (Phi) is 5.61. The molecule has 26 heavy (non-hydrogen) atoms. The third-order valence-electron chi connectivity index (χ3n) is 5.33. The van der Waals surface area contributed by atoms with Crippen LogP contribution in [-0.2, 0) is 11.2 Å². The number of ether oxygens (including phenoxy) is 1. The van der Waals surface area contributed by atoms with E-state index in [9.17, 15) is 9.59 Å². The van der Waals surface area contributed by atoms with Crippen LogP contribution in [0.15, 0.2) is 27.4 Å². The average molecular weight is 358 g/mol. The van der Waals surface area contributed by atoms with Gasteiger partial charge in [-0.2, -0.15) is 0 Å². The van der Waals surface area contributed by atoms with Crippen molar-refractivity contribution in [1.29, 1.82) is 0 Å². The highest BCUT2D eigenvalue weighted by molar-refractivity contribution is 5.82. The van der Waals surface area contributed by atoms with E-state index in [1.807, 2.05) is 31.0 Å². The number of hydrogen-bond acceptors (Lipinski definition) is 5. The van der Waals surface area contributed by atoms with Crippen LogP contribution in [0.3, 0.4) is 0 Å². The van der Waals surface area contributed by atoms with Crippen LogP contribution in [0.5, 0.6) is 5.75 Å². The van der Waals surface area contributed by atoms with Crippen LogP contribution in [-0.4, -0.2) is 44.1 Å². The molecule has 2 aromatic rings. The van der Waals surface area contributed by atoms with Crippen molar-refractivity contribution < 1.29 is 13.9 Å². The number of piperidine rings is 1. The van der Waals surface area contributed by atoms with E-state index in [0.717, 1.165) is 36.9 Å². The Morgan fingerprint density at radius 1 is 1.35 bits per heavy atom. The van der Waals surface area contributed by atoms with Gasteiger partial charge in [0.15, 0.2) is 0 Å². The van der Waals surface area contributed by atoms with Gasteiger partial charge in [0.2, 0.25) is 5.91 Å². The lowest BCUT2D eigenvalue weighted by Gasteiger charge is -2.31. The minimum Gasteiger partial charge on any atom is -0.497 e. The summed E-state index contributed by atoms with van der Waals surface area (Å²) < 4.78 is 10.6. The fraction of sp³-hybridized carbons (Fsp3) is 0.500. The molecule has 6 nitrogen and oxygen atoms in total. The van der Waals surface area contributed by atoms with E-state index in [0.29, 0.717) is 29.7 Å². The molecule has 0 saturated carbocycles. The van der Waals surface area contributed by atoms with Crippen LogP contribution >= 0.6 is 0 Å². The first kappa shape index (κ1) is 18.5. The molecule has 1 N–H and O–H groups in total. The number of carbonyl (C=O) groups is 1. The van der Waals surface area contributed by atoms with E-state index in [1.54, 1.807) is 13.2 Å². The monoisotopic (exact) mass is 358 g/mol. The van der Waals surface area contributed by atoms with Gasteiger partial charge in [0.25, 0.3) is 0 Å². The molecule has 0 aliphatic carbocycles. The third kappa shape index (κ3) is 3.75. The van der Waals surface area contributed by atoms with Gasteiger partial charge in [0.1, 0.15) is 11.3 Å². The van der Waals surface area contributed by atoms with Crippen molar-refractivity contribution in [2.24, 2.45) is 0 Å². The number of nitrogens with zero attached hydrogens (tertiary/aromatic N) is 1. The standard InChI is InChI=1S/C20H26N2O4/c1-13-16-5-4-15(25-3)12-18(16)26-20(24)17(13)6-7-19(23)22(2)14-8-10-21-11-9-14/h4-5,12,14,21H,6-11H2,1-3H3. The molecule has 140 valence electrons. The summed E-state index contributed by atoms with van der Waals surface area (Å²) in [5.74, 6) is 0.720. The number of benzene rings is 1. The van der Waals surface area contributed by atoms with Crippen molar-refractivity contribution in [3.05, 3.63) is 39.7 Å². The fourth-order valence-corrected chi connectivity index (χ4v) is 3.60. The number of rotatable bonds is 5. The van der Waals surface area contributed by atoms with E-state index < -0.39 is 0 Å². The lowest BCUT2D eigenvalue weighted by molar-refractivity contribution is -0.132. The van der Waals surface area contributed by atoms with Crippen LogP contribution in [0.2, 0.25) is 0 Å². The van der Waals surface area contributed by atoms with Crippen molar-refractivity contribution in [2.75, 3.05) is 27.2 Å². The SMILES string of the molecule is COc1ccc2c(C)c(CCC(=O)N(C)C3CCNCC3)c(=O)oc2c1. The predicted octanol–water partition coefficient (Wildman–Crippen LogP) is 2.25. The van der Waals surface area contributed by atoms with Crippen molar-refractivity contribution in [3.63, 3.8) is 0 Å². The lowest BCUT2D eigenvalue weighted by Crippen LogP contribution is -2.44. The number of carbonyl (C=O) groups excluding carboxylic acids is 1. The van der Waals surface area contributed by atoms with Gasteiger partial charge >= 0.3 is 5.63 Å². The maximum Gasteiger partial charge on any atom is 0.339 e. The Hall–Kier alpha value is -2.34. The maximum atomic E-state index is 12.5. The van der Waals surface area contributed by atoms with Crippen molar-refractivity contribution in [3.8, 4) is 5.75 Å². The van der Waals surface area contributed by atoms with Crippen LogP contribution in [0, 0.1) is 6.92 Å². The number of aryl methyl sites for hydroxylation is 1. The van der Waals surface area contributed by atoms with E-state index >= 15 is 0 Å². The maximum absolute atomic E-state index is 12.5. The second kappa shape index (κ2) is 7.91. The van der Waals surface area contributed by atoms with E-state index in [-0.39, 0.29) is 17.6 Å². The van der Waals surface area contributed by atoms with Crippen molar-refractivity contribution >= 4 is 16.9 Å². The van der Waals surface area contributed by atoms with Gasteiger partial charge in [-0.25, -0.2) is 4.79 Å². The molecule has 1 aromatic carbocycles. The first-order chi connectivity index (χ1) is 12.5. The summed E-state index contributed by atoms with van der Waals surface area (Å²) in [6, 6.07) is 5.72. The normalized spacial score (nSPS) is 15.2. The van der Waals surface area contributed by atoms with Gasteiger partial charge in [0, 0.05) is 36.5 Å². The molecule has 1 fully saturated rings. The highest BCUT2D eigenvalue weighted by Crippen LogP contribution is 2.24. The van der Waals surface area contributed by atoms with Gasteiger partial charge in [-0.3, -0.25) is 4.79 Å². The van der Waals surface area contributed by atoms with Gasteiger partial charge in [0.05, 0.1) is 7.11 Å². The highest BCUT2D eigenvalue weighted by atomic mass is 16.5. The Labute approximate surface area is 153 Å². The Balaban J connectivity index is 1.76. The molecule has 0 radical (unpaired) electrons. The van der Waals surface area contributed by atoms with Crippen LogP contribution in [0.25, 0.3) is 11.0 Å². The molecule has 0 unspecified atom stereocenters. The minimum absolute atomic E-state index is 0.0746. The summed E-state index contributed by atoms with van der Waals surface area (Å²) in [6.45, 7) is 3.79. The third-order valence-corrected chi connectivity index (χ3v) is 5.33. The second-order valence-electron chi connectivity index (χ2n) is 6.84. The Morgan fingerprint density at radius 3 is 2.77 bits per heavy atom. The molecule has 1 aromatic heterocycles. The van der Waals surface area contributed by atoms with Gasteiger partial charge in [-0.05, 0) is 57.0 Å². The molecule has 0 bridgehead atoms. The topological polar surface area (TPSA) is 71.8 Å². The quantitative estimate of drug-likeness (QED) is 0.830. The van der Waals surface area contributed by atoms with E-state index in [4.69, 9.17) is 9.15 Å². The first-order valence-corrected chi connectivity index (χ1v) is 9.08. The zero-order valence-electron chi connectivity index (χ0n) is 15.6. The molecule has 1 aliphatic heterocycles. The van der Waals surface area contributed by atoms with Crippen LogP contribution < -0.4 is 15.7 Å². The molecule has 1 saturated heterocycles. The van der Waals surface area contributed by atoms with Crippen LogP contribution in [0.4, 0.5) is 0 Å². The Bertz CT molecular complexity index is 853. The summed E-state index contributed by atoms with van der Waals surface area (Å²) >= 11 is 0. The van der Waals surface area contributed by atoms with Crippen molar-refractivity contribution in [2.45, 2.75) is 38.6 Å². The van der Waals surface area contributed by atoms with Gasteiger partial charge in [-0.15, -0.1) is 0 Å². The molecular weight excluding hydrogens is 332 g/mol. The largest absolute Gasteiger partial charge is 0.497 e. The molecule has 1 amide bonds. The summed E-state index contributed by atoms with van der Waals surface area (Å²) in [4.78, 5) is 26.8. The molecular formula is C20H26N2O4. The summed E-state index contributed by atoms with van der Waals surface area (Å²) in [5.41, 5.74) is 1.58. The number of fused-ring (bicyclic) bond motifs is 1. The smallest absolute Gasteiger partial charge is 0.339 e. The molecule has 0 atom stereocenters. The lowest BCUT2D eigenvalue weighted by atomic mass is 10.0. The minimum atomic E-state index is -0.374. The Morgan fingerprint density at radius 2 is 2.08 bits per heavy atom. The van der Waals surface area contributed by atoms with E-state index in [1.165, 1.54) is 0 Å². The number of methoxy groups -OCH3 is 1. The molecule has 0 spiro atoms.